The molecule has 0 saturated carbocycles. The van der Waals surface area contributed by atoms with Crippen LogP contribution in [0.4, 0.5) is 16.4 Å². The molecular weight excluding hydrogens is 238 g/mol. The molecule has 7 nitrogen and oxygen atoms in total. The van der Waals surface area contributed by atoms with Crippen LogP contribution in [0.25, 0.3) is 0 Å². The average Bonchev–Trinajstić information content (AvgIpc) is 2.82. The number of aromatic carboxylic acids is 1. The Morgan fingerprint density at radius 2 is 1.83 bits per heavy atom. The van der Waals surface area contributed by atoms with Gasteiger partial charge >= 0.3 is 12.0 Å². The van der Waals surface area contributed by atoms with E-state index in [0.29, 0.717) is 5.69 Å². The van der Waals surface area contributed by atoms with E-state index < -0.39 is 12.0 Å². The molecule has 0 spiro atoms. The predicted molar refractivity (Wildman–Crippen MR) is 62.5 cm³/mol. The van der Waals surface area contributed by atoms with Crippen LogP contribution in [0, 0.1) is 0 Å². The minimum absolute atomic E-state index is 0.149. The number of carboxylic acid groups (broad SMARTS) is 1. The van der Waals surface area contributed by atoms with Crippen molar-refractivity contribution in [3.05, 3.63) is 42.1 Å². The smallest absolute Gasteiger partial charge is 0.335 e. The van der Waals surface area contributed by atoms with E-state index in [1.54, 1.807) is 0 Å². The standard InChI is InChI=1S/C11H9N3O4/c15-10(16)7-1-3-8(4-2-7)13-11(17)14-9-5-6-12-18-9/h1-6H,(H,15,16)(H2,13,14,17). The van der Waals surface area contributed by atoms with E-state index >= 15 is 0 Å². The van der Waals surface area contributed by atoms with Crippen LogP contribution < -0.4 is 10.6 Å². The van der Waals surface area contributed by atoms with Crippen LogP contribution in [-0.2, 0) is 0 Å². The van der Waals surface area contributed by atoms with Crippen LogP contribution in [-0.4, -0.2) is 22.3 Å². The molecular formula is C11H9N3O4. The highest BCUT2D eigenvalue weighted by Gasteiger charge is 2.06. The van der Waals surface area contributed by atoms with Crippen molar-refractivity contribution in [2.45, 2.75) is 0 Å². The Morgan fingerprint density at radius 3 is 2.39 bits per heavy atom. The number of hydrogen-bond acceptors (Lipinski definition) is 4. The second kappa shape index (κ2) is 5.00. The van der Waals surface area contributed by atoms with Gasteiger partial charge in [-0.3, -0.25) is 5.32 Å². The largest absolute Gasteiger partial charge is 0.478 e. The van der Waals surface area contributed by atoms with E-state index in [9.17, 15) is 9.59 Å². The molecule has 3 N–H and O–H groups in total. The van der Waals surface area contributed by atoms with E-state index in [0.717, 1.165) is 0 Å². The predicted octanol–water partition coefficient (Wildman–Crippen LogP) is 2.02. The second-order valence-electron chi connectivity index (χ2n) is 3.34. The van der Waals surface area contributed by atoms with Crippen molar-refractivity contribution >= 4 is 23.6 Å². The van der Waals surface area contributed by atoms with Crippen molar-refractivity contribution in [1.82, 2.24) is 5.16 Å². The fourth-order valence-electron chi connectivity index (χ4n) is 1.25. The number of rotatable bonds is 3. The van der Waals surface area contributed by atoms with Crippen LogP contribution >= 0.6 is 0 Å². The summed E-state index contributed by atoms with van der Waals surface area (Å²) in [5.74, 6) is -0.803. The molecule has 0 unspecified atom stereocenters. The van der Waals surface area contributed by atoms with Crippen molar-refractivity contribution in [2.75, 3.05) is 10.6 Å². The zero-order valence-electron chi connectivity index (χ0n) is 9.08. The molecule has 0 aliphatic heterocycles. The molecule has 92 valence electrons. The molecule has 2 aromatic rings. The van der Waals surface area contributed by atoms with Crippen molar-refractivity contribution in [3.63, 3.8) is 0 Å². The molecule has 18 heavy (non-hydrogen) atoms. The second-order valence-corrected chi connectivity index (χ2v) is 3.34. The average molecular weight is 247 g/mol. The molecule has 0 atom stereocenters. The number of carboxylic acids is 1. The molecule has 0 aliphatic rings. The molecule has 0 saturated heterocycles. The third-order valence-corrected chi connectivity index (χ3v) is 2.06. The molecule has 1 aromatic heterocycles. The Labute approximate surface area is 101 Å². The van der Waals surface area contributed by atoms with Gasteiger partial charge in [-0.25, -0.2) is 9.59 Å². The summed E-state index contributed by atoms with van der Waals surface area (Å²) in [6.45, 7) is 0. The molecule has 0 radical (unpaired) electrons. The Kier molecular flexibility index (Phi) is 3.24. The lowest BCUT2D eigenvalue weighted by molar-refractivity contribution is 0.0697. The summed E-state index contributed by atoms with van der Waals surface area (Å²) in [6.07, 6.45) is 1.40. The maximum Gasteiger partial charge on any atom is 0.335 e. The summed E-state index contributed by atoms with van der Waals surface area (Å²) in [5, 5.41) is 17.1. The van der Waals surface area contributed by atoms with Crippen LogP contribution in [0.15, 0.2) is 41.1 Å². The highest BCUT2D eigenvalue weighted by atomic mass is 16.5. The minimum atomic E-state index is -1.02. The third-order valence-electron chi connectivity index (χ3n) is 2.06. The number of nitrogens with one attached hydrogen (secondary N) is 2. The van der Waals surface area contributed by atoms with Gasteiger partial charge in [-0.15, -0.1) is 0 Å². The number of benzene rings is 1. The first-order chi connectivity index (χ1) is 8.65. The van der Waals surface area contributed by atoms with Crippen molar-refractivity contribution in [3.8, 4) is 0 Å². The summed E-state index contributed by atoms with van der Waals surface area (Å²) in [4.78, 5) is 22.1. The number of aromatic nitrogens is 1. The minimum Gasteiger partial charge on any atom is -0.478 e. The Bertz CT molecular complexity index is 548. The normalized spacial score (nSPS) is 9.78. The topological polar surface area (TPSA) is 104 Å². The fourth-order valence-corrected chi connectivity index (χ4v) is 1.25. The zero-order chi connectivity index (χ0) is 13.0. The van der Waals surface area contributed by atoms with Crippen molar-refractivity contribution in [1.29, 1.82) is 0 Å². The lowest BCUT2D eigenvalue weighted by atomic mass is 10.2. The first kappa shape index (κ1) is 11.6. The van der Waals surface area contributed by atoms with E-state index in [1.807, 2.05) is 0 Å². The number of anilines is 2. The molecule has 7 heteroatoms. The molecule has 1 heterocycles. The summed E-state index contributed by atoms with van der Waals surface area (Å²) in [6, 6.07) is 6.76. The van der Waals surface area contributed by atoms with Gasteiger partial charge in [0, 0.05) is 11.8 Å². The summed E-state index contributed by atoms with van der Waals surface area (Å²) < 4.78 is 4.69. The van der Waals surface area contributed by atoms with Crippen molar-refractivity contribution < 1.29 is 19.2 Å². The maximum atomic E-state index is 11.5. The number of carbonyl (C=O) groups is 2. The van der Waals surface area contributed by atoms with Gasteiger partial charge in [-0.1, -0.05) is 5.16 Å². The van der Waals surface area contributed by atoms with Crippen LogP contribution in [0.5, 0.6) is 0 Å². The highest BCUT2D eigenvalue weighted by molar-refractivity contribution is 5.99. The quantitative estimate of drug-likeness (QED) is 0.769. The van der Waals surface area contributed by atoms with Gasteiger partial charge in [-0.2, -0.15) is 0 Å². The fraction of sp³-hybridized carbons (Fsp3) is 0. The van der Waals surface area contributed by atoms with Crippen LogP contribution in [0.2, 0.25) is 0 Å². The van der Waals surface area contributed by atoms with E-state index in [4.69, 9.17) is 9.63 Å². The van der Waals surface area contributed by atoms with Gasteiger partial charge < -0.3 is 14.9 Å². The Balaban J connectivity index is 1.97. The van der Waals surface area contributed by atoms with Gasteiger partial charge in [0.1, 0.15) is 0 Å². The Hall–Kier alpha value is -2.83. The molecule has 0 aliphatic carbocycles. The van der Waals surface area contributed by atoms with Gasteiger partial charge in [-0.05, 0) is 24.3 Å². The highest BCUT2D eigenvalue weighted by Crippen LogP contribution is 2.10. The maximum absolute atomic E-state index is 11.5. The lowest BCUT2D eigenvalue weighted by Gasteiger charge is -2.05. The molecule has 2 rings (SSSR count). The number of amides is 2. The monoisotopic (exact) mass is 247 g/mol. The van der Waals surface area contributed by atoms with E-state index in [2.05, 4.69) is 15.8 Å². The van der Waals surface area contributed by atoms with Crippen LogP contribution in [0.1, 0.15) is 10.4 Å². The van der Waals surface area contributed by atoms with E-state index in [1.165, 1.54) is 36.5 Å². The SMILES string of the molecule is O=C(Nc1ccc(C(=O)O)cc1)Nc1ccno1. The number of nitrogens with zero attached hydrogens (tertiary/aromatic N) is 1. The van der Waals surface area contributed by atoms with Crippen LogP contribution in [0.3, 0.4) is 0 Å². The van der Waals surface area contributed by atoms with Crippen molar-refractivity contribution in [2.24, 2.45) is 0 Å². The van der Waals surface area contributed by atoms with Gasteiger partial charge in [0.25, 0.3) is 0 Å². The molecule has 0 bridgehead atoms. The number of hydrogen-bond donors (Lipinski definition) is 3. The van der Waals surface area contributed by atoms with Gasteiger partial charge in [0.15, 0.2) is 0 Å². The zero-order valence-corrected chi connectivity index (χ0v) is 9.08. The number of carbonyl (C=O) groups excluding carboxylic acids is 1. The van der Waals surface area contributed by atoms with E-state index in [-0.39, 0.29) is 11.4 Å². The first-order valence-electron chi connectivity index (χ1n) is 4.97. The molecule has 0 fully saturated rings. The molecule has 2 amide bonds. The lowest BCUT2D eigenvalue weighted by Crippen LogP contribution is -2.19. The molecule has 1 aromatic carbocycles. The summed E-state index contributed by atoms with van der Waals surface area (Å²) in [7, 11) is 0. The first-order valence-corrected chi connectivity index (χ1v) is 4.97. The Morgan fingerprint density at radius 1 is 1.11 bits per heavy atom. The third kappa shape index (κ3) is 2.85. The number of urea groups is 1. The summed E-state index contributed by atoms with van der Waals surface area (Å²) in [5.41, 5.74) is 0.619. The van der Waals surface area contributed by atoms with Gasteiger partial charge in [0.05, 0.1) is 11.8 Å². The summed E-state index contributed by atoms with van der Waals surface area (Å²) >= 11 is 0. The van der Waals surface area contributed by atoms with Gasteiger partial charge in [0.2, 0.25) is 5.88 Å².